The highest BCUT2D eigenvalue weighted by Crippen LogP contribution is 2.24. The van der Waals surface area contributed by atoms with Crippen LogP contribution < -0.4 is 10.1 Å². The monoisotopic (exact) mass is 295 g/mol. The van der Waals surface area contributed by atoms with E-state index in [0.717, 1.165) is 17.5 Å². The Morgan fingerprint density at radius 2 is 1.95 bits per heavy atom. The van der Waals surface area contributed by atoms with Crippen molar-refractivity contribution in [2.75, 3.05) is 0 Å². The second-order valence-electron chi connectivity index (χ2n) is 4.89. The molecule has 0 saturated heterocycles. The lowest BCUT2D eigenvalue weighted by molar-refractivity contribution is 0.292. The van der Waals surface area contributed by atoms with Crippen molar-refractivity contribution in [1.82, 2.24) is 5.32 Å². The predicted molar refractivity (Wildman–Crippen MR) is 74.9 cm³/mol. The second kappa shape index (κ2) is 5.89. The maximum atomic E-state index is 13.4. The summed E-state index contributed by atoms with van der Waals surface area (Å²) >= 11 is 1.65. The van der Waals surface area contributed by atoms with E-state index in [9.17, 15) is 8.78 Å². The van der Waals surface area contributed by atoms with Crippen molar-refractivity contribution in [3.8, 4) is 5.75 Å². The number of thiophene rings is 1. The van der Waals surface area contributed by atoms with Crippen LogP contribution in [-0.2, 0) is 13.2 Å². The van der Waals surface area contributed by atoms with Crippen molar-refractivity contribution < 1.29 is 13.5 Å². The SMILES string of the molecule is Fc1ccc(OCc2ccc(CNC3CC3)s2)c(F)c1. The minimum Gasteiger partial charge on any atom is -0.485 e. The van der Waals surface area contributed by atoms with E-state index in [1.807, 2.05) is 6.07 Å². The summed E-state index contributed by atoms with van der Waals surface area (Å²) in [6.45, 7) is 1.18. The summed E-state index contributed by atoms with van der Waals surface area (Å²) in [6, 6.07) is 8.06. The van der Waals surface area contributed by atoms with Crippen LogP contribution in [-0.4, -0.2) is 6.04 Å². The van der Waals surface area contributed by atoms with Gasteiger partial charge in [0, 0.05) is 28.4 Å². The Morgan fingerprint density at radius 1 is 1.15 bits per heavy atom. The number of nitrogens with one attached hydrogen (secondary N) is 1. The van der Waals surface area contributed by atoms with Crippen molar-refractivity contribution >= 4 is 11.3 Å². The van der Waals surface area contributed by atoms with Gasteiger partial charge in [-0.1, -0.05) is 0 Å². The standard InChI is InChI=1S/C15H15F2NOS/c16-10-1-6-15(14(17)7-10)19-9-13-5-4-12(20-13)8-18-11-2-3-11/h1,4-7,11,18H,2-3,8-9H2. The number of halogens is 2. The number of benzene rings is 1. The lowest BCUT2D eigenvalue weighted by atomic mass is 10.3. The molecular formula is C15H15F2NOS. The first kappa shape index (κ1) is 13.5. The number of hydrogen-bond acceptors (Lipinski definition) is 3. The van der Waals surface area contributed by atoms with Crippen molar-refractivity contribution in [3.63, 3.8) is 0 Å². The molecule has 5 heteroatoms. The zero-order valence-corrected chi connectivity index (χ0v) is 11.7. The van der Waals surface area contributed by atoms with Crippen LogP contribution in [0.5, 0.6) is 5.75 Å². The molecule has 0 unspecified atom stereocenters. The lowest BCUT2D eigenvalue weighted by Gasteiger charge is -2.05. The van der Waals surface area contributed by atoms with Gasteiger partial charge in [-0.15, -0.1) is 11.3 Å². The van der Waals surface area contributed by atoms with E-state index in [1.165, 1.54) is 29.9 Å². The summed E-state index contributed by atoms with van der Waals surface area (Å²) in [6.07, 6.45) is 2.54. The van der Waals surface area contributed by atoms with E-state index in [2.05, 4.69) is 11.4 Å². The fraction of sp³-hybridized carbons (Fsp3) is 0.333. The third-order valence-corrected chi connectivity index (χ3v) is 4.18. The van der Waals surface area contributed by atoms with Gasteiger partial charge in [0.2, 0.25) is 0 Å². The van der Waals surface area contributed by atoms with Gasteiger partial charge in [0.15, 0.2) is 11.6 Å². The molecule has 3 rings (SSSR count). The summed E-state index contributed by atoms with van der Waals surface area (Å²) in [5, 5.41) is 3.44. The van der Waals surface area contributed by atoms with Crippen LogP contribution >= 0.6 is 11.3 Å². The van der Waals surface area contributed by atoms with E-state index in [4.69, 9.17) is 4.74 Å². The molecule has 1 aromatic heterocycles. The molecule has 106 valence electrons. The summed E-state index contributed by atoms with van der Waals surface area (Å²) in [5.41, 5.74) is 0. The van der Waals surface area contributed by atoms with Crippen LogP contribution in [0.4, 0.5) is 8.78 Å². The molecule has 1 aromatic carbocycles. The highest BCUT2D eigenvalue weighted by atomic mass is 32.1. The van der Waals surface area contributed by atoms with Crippen LogP contribution in [0, 0.1) is 11.6 Å². The van der Waals surface area contributed by atoms with E-state index in [0.29, 0.717) is 12.6 Å². The van der Waals surface area contributed by atoms with Gasteiger partial charge in [-0.05, 0) is 37.1 Å². The van der Waals surface area contributed by atoms with E-state index < -0.39 is 11.6 Å². The quantitative estimate of drug-likeness (QED) is 0.874. The number of hydrogen-bond donors (Lipinski definition) is 1. The molecule has 1 aliphatic carbocycles. The summed E-state index contributed by atoms with van der Waals surface area (Å²) < 4.78 is 31.5. The minimum absolute atomic E-state index is 0.0810. The van der Waals surface area contributed by atoms with Gasteiger partial charge in [0.1, 0.15) is 12.4 Å². The first-order valence-electron chi connectivity index (χ1n) is 6.59. The molecule has 1 fully saturated rings. The van der Waals surface area contributed by atoms with Crippen molar-refractivity contribution in [2.45, 2.75) is 32.0 Å². The van der Waals surface area contributed by atoms with Crippen LogP contribution in [0.1, 0.15) is 22.6 Å². The first-order chi connectivity index (χ1) is 9.70. The molecule has 0 spiro atoms. The molecule has 0 bridgehead atoms. The van der Waals surface area contributed by atoms with Crippen LogP contribution in [0.3, 0.4) is 0 Å². The van der Waals surface area contributed by atoms with Gasteiger partial charge in [-0.25, -0.2) is 8.78 Å². The second-order valence-corrected chi connectivity index (χ2v) is 6.14. The normalized spacial score (nSPS) is 14.5. The van der Waals surface area contributed by atoms with Gasteiger partial charge in [-0.2, -0.15) is 0 Å². The molecule has 1 saturated carbocycles. The Kier molecular flexibility index (Phi) is 3.98. The van der Waals surface area contributed by atoms with Gasteiger partial charge >= 0.3 is 0 Å². The van der Waals surface area contributed by atoms with Crippen molar-refractivity contribution in [3.05, 3.63) is 51.7 Å². The molecule has 1 N–H and O–H groups in total. The lowest BCUT2D eigenvalue weighted by Crippen LogP contribution is -2.14. The molecule has 1 heterocycles. The van der Waals surface area contributed by atoms with E-state index in [-0.39, 0.29) is 5.75 Å². The summed E-state index contributed by atoms with van der Waals surface area (Å²) in [4.78, 5) is 2.27. The maximum Gasteiger partial charge on any atom is 0.167 e. The maximum absolute atomic E-state index is 13.4. The van der Waals surface area contributed by atoms with Gasteiger partial charge in [0.05, 0.1) is 0 Å². The molecular weight excluding hydrogens is 280 g/mol. The van der Waals surface area contributed by atoms with Crippen LogP contribution in [0.2, 0.25) is 0 Å². The largest absolute Gasteiger partial charge is 0.485 e. The third kappa shape index (κ3) is 3.55. The van der Waals surface area contributed by atoms with Gasteiger partial charge in [-0.3, -0.25) is 0 Å². The zero-order valence-electron chi connectivity index (χ0n) is 10.9. The predicted octanol–water partition coefficient (Wildman–Crippen LogP) is 3.86. The first-order valence-corrected chi connectivity index (χ1v) is 7.41. The van der Waals surface area contributed by atoms with E-state index in [1.54, 1.807) is 11.3 Å². The van der Waals surface area contributed by atoms with E-state index >= 15 is 0 Å². The zero-order chi connectivity index (χ0) is 13.9. The third-order valence-electron chi connectivity index (χ3n) is 3.12. The topological polar surface area (TPSA) is 21.3 Å². The Hall–Kier alpha value is -1.46. The Bertz CT molecular complexity index is 595. The molecule has 0 radical (unpaired) electrons. The summed E-state index contributed by atoms with van der Waals surface area (Å²) in [5.74, 6) is -1.19. The highest BCUT2D eigenvalue weighted by molar-refractivity contribution is 7.11. The van der Waals surface area contributed by atoms with Crippen LogP contribution in [0.15, 0.2) is 30.3 Å². The summed E-state index contributed by atoms with van der Waals surface area (Å²) in [7, 11) is 0. The Balaban J connectivity index is 1.54. The van der Waals surface area contributed by atoms with Crippen LogP contribution in [0.25, 0.3) is 0 Å². The van der Waals surface area contributed by atoms with Gasteiger partial charge < -0.3 is 10.1 Å². The molecule has 20 heavy (non-hydrogen) atoms. The molecule has 0 atom stereocenters. The average Bonchev–Trinajstić information content (AvgIpc) is 3.14. The molecule has 0 amide bonds. The minimum atomic E-state index is -0.669. The molecule has 0 aliphatic heterocycles. The fourth-order valence-corrected chi connectivity index (χ4v) is 2.75. The molecule has 2 nitrogen and oxygen atoms in total. The molecule has 2 aromatic rings. The van der Waals surface area contributed by atoms with Crippen molar-refractivity contribution in [2.24, 2.45) is 0 Å². The van der Waals surface area contributed by atoms with Crippen molar-refractivity contribution in [1.29, 1.82) is 0 Å². The van der Waals surface area contributed by atoms with Gasteiger partial charge in [0.25, 0.3) is 0 Å². The Labute approximate surface area is 120 Å². The Morgan fingerprint density at radius 3 is 2.70 bits per heavy atom. The smallest absolute Gasteiger partial charge is 0.167 e. The average molecular weight is 295 g/mol. The number of ether oxygens (including phenoxy) is 1. The fourth-order valence-electron chi connectivity index (χ4n) is 1.87. The number of rotatable bonds is 6. The molecule has 1 aliphatic rings. The highest BCUT2D eigenvalue weighted by Gasteiger charge is 2.20.